The molecule has 10 nitrogen and oxygen atoms in total. The average molecular weight is 419 g/mol. The Kier molecular flexibility index (Phi) is 10.1. The molecule has 0 spiro atoms. The van der Waals surface area contributed by atoms with Gasteiger partial charge < -0.3 is 15.5 Å². The zero-order chi connectivity index (χ0) is 19.4. The van der Waals surface area contributed by atoms with Crippen molar-refractivity contribution in [1.82, 2.24) is 30.6 Å². The van der Waals surface area contributed by atoms with Crippen LogP contribution in [0.15, 0.2) is 24.8 Å². The summed E-state index contributed by atoms with van der Waals surface area (Å²) in [5, 5.41) is 5.81. The molecule has 13 heteroatoms. The van der Waals surface area contributed by atoms with E-state index in [2.05, 4.69) is 40.7 Å². The second kappa shape index (κ2) is 12.1. The van der Waals surface area contributed by atoms with Crippen molar-refractivity contribution in [2.75, 3.05) is 12.0 Å². The van der Waals surface area contributed by atoms with Crippen LogP contribution in [-0.2, 0) is 11.3 Å². The Morgan fingerprint density at radius 2 is 1.77 bits per heavy atom. The highest BCUT2D eigenvalue weighted by Gasteiger charge is 2.06. The zero-order valence-corrected chi connectivity index (χ0v) is 15.9. The number of thiocarbonyl (C=S) groups is 1. The van der Waals surface area contributed by atoms with E-state index in [1.54, 1.807) is 6.92 Å². The number of carbonyl (C=O) groups excluding carboxylic acids is 1. The first-order valence-electron chi connectivity index (χ1n) is 7.08. The minimum absolute atomic E-state index is 0.144. The van der Waals surface area contributed by atoms with Crippen molar-refractivity contribution in [2.45, 2.75) is 13.5 Å². The predicted octanol–water partition coefficient (Wildman–Crippen LogP) is 1.67. The van der Waals surface area contributed by atoms with Crippen molar-refractivity contribution >= 4 is 52.4 Å². The van der Waals surface area contributed by atoms with Crippen molar-refractivity contribution in [3.63, 3.8) is 0 Å². The lowest BCUT2D eigenvalue weighted by atomic mass is 10.4. The van der Waals surface area contributed by atoms with Crippen LogP contribution in [0, 0.1) is 0 Å². The maximum Gasteiger partial charge on any atom is 0.413 e. The summed E-state index contributed by atoms with van der Waals surface area (Å²) >= 11 is 16.2. The minimum Gasteiger partial charge on any atom is -0.450 e. The summed E-state index contributed by atoms with van der Waals surface area (Å²) in [6.45, 7) is 2.26. The number of nitrogens with one attached hydrogen (secondary N) is 3. The number of ether oxygens (including phenoxy) is 1. The molecule has 0 aliphatic carbocycles. The molecule has 2 aromatic heterocycles. The van der Waals surface area contributed by atoms with E-state index in [9.17, 15) is 4.79 Å². The number of carbonyl (C=O) groups is 1. The smallest absolute Gasteiger partial charge is 0.413 e. The van der Waals surface area contributed by atoms with Crippen molar-refractivity contribution in [2.24, 2.45) is 5.84 Å². The van der Waals surface area contributed by atoms with Crippen LogP contribution in [0.4, 0.5) is 10.6 Å². The van der Waals surface area contributed by atoms with E-state index in [-0.39, 0.29) is 23.4 Å². The van der Waals surface area contributed by atoms with Crippen LogP contribution in [0.2, 0.25) is 10.3 Å². The highest BCUT2D eigenvalue weighted by Crippen LogP contribution is 2.11. The number of anilines is 1. The SMILES string of the molecule is CCOC(=O)NC(=S)NCc1nccnc1Cl.NNc1nccnc1Cl. The number of rotatable bonds is 4. The van der Waals surface area contributed by atoms with Gasteiger partial charge in [0.15, 0.2) is 21.2 Å². The van der Waals surface area contributed by atoms with Crippen molar-refractivity contribution in [1.29, 1.82) is 0 Å². The van der Waals surface area contributed by atoms with Gasteiger partial charge in [-0.2, -0.15) is 0 Å². The maximum atomic E-state index is 11.0. The number of hydrogen-bond acceptors (Lipinski definition) is 9. The van der Waals surface area contributed by atoms with E-state index < -0.39 is 6.09 Å². The molecule has 0 bridgehead atoms. The fourth-order valence-electron chi connectivity index (χ4n) is 1.35. The van der Waals surface area contributed by atoms with E-state index in [1.165, 1.54) is 24.8 Å². The monoisotopic (exact) mass is 418 g/mol. The molecule has 0 atom stereocenters. The van der Waals surface area contributed by atoms with Crippen molar-refractivity contribution in [3.05, 3.63) is 40.8 Å². The molecule has 0 aromatic carbocycles. The minimum atomic E-state index is -0.602. The van der Waals surface area contributed by atoms with Crippen LogP contribution in [0.3, 0.4) is 0 Å². The molecule has 2 heterocycles. The Hall–Kier alpha value is -2.34. The summed E-state index contributed by atoms with van der Waals surface area (Å²) in [6, 6.07) is 0. The topological polar surface area (TPSA) is 140 Å². The molecule has 0 fully saturated rings. The van der Waals surface area contributed by atoms with Crippen LogP contribution < -0.4 is 21.9 Å². The van der Waals surface area contributed by atoms with Crippen molar-refractivity contribution in [3.8, 4) is 0 Å². The largest absolute Gasteiger partial charge is 0.450 e. The fourth-order valence-corrected chi connectivity index (χ4v) is 1.84. The van der Waals surface area contributed by atoms with Crippen LogP contribution in [0.1, 0.15) is 12.6 Å². The van der Waals surface area contributed by atoms with Crippen LogP contribution >= 0.6 is 35.4 Å². The van der Waals surface area contributed by atoms with E-state index >= 15 is 0 Å². The van der Waals surface area contributed by atoms with Gasteiger partial charge in [0.25, 0.3) is 0 Å². The highest BCUT2D eigenvalue weighted by atomic mass is 35.5. The van der Waals surface area contributed by atoms with Crippen LogP contribution in [0.25, 0.3) is 0 Å². The number of nitrogens with zero attached hydrogens (tertiary/aromatic N) is 4. The summed E-state index contributed by atoms with van der Waals surface area (Å²) in [5.74, 6) is 5.40. The second-order valence-electron chi connectivity index (χ2n) is 4.16. The van der Waals surface area contributed by atoms with E-state index in [4.69, 9.17) is 41.3 Å². The summed E-state index contributed by atoms with van der Waals surface area (Å²) in [5.41, 5.74) is 2.83. The summed E-state index contributed by atoms with van der Waals surface area (Å²) in [4.78, 5) is 26.4. The summed E-state index contributed by atoms with van der Waals surface area (Å²) in [6.07, 6.45) is 5.39. The van der Waals surface area contributed by atoms with Crippen LogP contribution in [-0.4, -0.2) is 37.7 Å². The molecular formula is C13H16Cl2N8O2S. The molecule has 0 radical (unpaired) electrons. The molecule has 0 saturated heterocycles. The number of hydrazine groups is 1. The Labute approximate surface area is 164 Å². The normalized spacial score (nSPS) is 9.38. The molecule has 26 heavy (non-hydrogen) atoms. The lowest BCUT2D eigenvalue weighted by molar-refractivity contribution is 0.157. The maximum absolute atomic E-state index is 11.0. The predicted molar refractivity (Wildman–Crippen MR) is 101 cm³/mol. The van der Waals surface area contributed by atoms with Gasteiger partial charge in [-0.3, -0.25) is 10.3 Å². The quantitative estimate of drug-likeness (QED) is 0.329. The molecule has 0 saturated carbocycles. The molecule has 2 aromatic rings. The Balaban J connectivity index is 0.000000314. The van der Waals surface area contributed by atoms with Gasteiger partial charge in [-0.05, 0) is 19.1 Å². The first-order valence-corrected chi connectivity index (χ1v) is 8.24. The number of halogens is 2. The molecular weight excluding hydrogens is 403 g/mol. The zero-order valence-electron chi connectivity index (χ0n) is 13.6. The van der Waals surface area contributed by atoms with Gasteiger partial charge in [0.2, 0.25) is 0 Å². The molecule has 140 valence electrons. The summed E-state index contributed by atoms with van der Waals surface area (Å²) in [7, 11) is 0. The third-order valence-electron chi connectivity index (χ3n) is 2.42. The Morgan fingerprint density at radius 1 is 1.15 bits per heavy atom. The van der Waals surface area contributed by atoms with Gasteiger partial charge in [-0.1, -0.05) is 23.2 Å². The third-order valence-corrected chi connectivity index (χ3v) is 3.26. The molecule has 0 unspecified atom stereocenters. The van der Waals surface area contributed by atoms with Gasteiger partial charge >= 0.3 is 6.09 Å². The Bertz CT molecular complexity index is 737. The lowest BCUT2D eigenvalue weighted by Crippen LogP contribution is -2.39. The second-order valence-corrected chi connectivity index (χ2v) is 5.29. The first kappa shape index (κ1) is 21.7. The van der Waals surface area contributed by atoms with E-state index in [0.29, 0.717) is 16.7 Å². The van der Waals surface area contributed by atoms with Gasteiger partial charge in [-0.15, -0.1) is 0 Å². The summed E-state index contributed by atoms with van der Waals surface area (Å²) < 4.78 is 4.66. The van der Waals surface area contributed by atoms with E-state index in [0.717, 1.165) is 0 Å². The average Bonchev–Trinajstić information content (AvgIpc) is 2.62. The van der Waals surface area contributed by atoms with Gasteiger partial charge in [0.05, 0.1) is 18.8 Å². The molecule has 1 amide bonds. The number of nitrogens with two attached hydrogens (primary N) is 1. The number of nitrogen functional groups attached to an aromatic ring is 1. The fraction of sp³-hybridized carbons (Fsp3) is 0.231. The first-order chi connectivity index (χ1) is 12.5. The number of aromatic nitrogens is 4. The Morgan fingerprint density at radius 3 is 2.31 bits per heavy atom. The molecule has 5 N–H and O–H groups in total. The van der Waals surface area contributed by atoms with Gasteiger partial charge in [0, 0.05) is 24.8 Å². The lowest BCUT2D eigenvalue weighted by Gasteiger charge is -2.09. The third kappa shape index (κ3) is 8.16. The van der Waals surface area contributed by atoms with Gasteiger partial charge in [0.1, 0.15) is 0 Å². The highest BCUT2D eigenvalue weighted by molar-refractivity contribution is 7.80. The number of amides is 1. The molecule has 2 rings (SSSR count). The molecule has 0 aliphatic heterocycles. The van der Waals surface area contributed by atoms with E-state index in [1.807, 2.05) is 0 Å². The van der Waals surface area contributed by atoms with Crippen molar-refractivity contribution < 1.29 is 9.53 Å². The van der Waals surface area contributed by atoms with Gasteiger partial charge in [-0.25, -0.2) is 25.6 Å². The standard InChI is InChI=1S/C9H11ClN4O2S.C4H5ClN4/c1-2-16-9(15)14-8(17)13-5-6-7(10)12-4-3-11-6;5-3-4(9-6)8-2-1-7-3/h3-4H,2,5H2,1H3,(H2,13,14,15,17);1-2H,6H2,(H,8,9). The number of hydrogen-bond donors (Lipinski definition) is 4. The number of alkyl carbamates (subject to hydrolysis) is 1. The molecule has 0 aliphatic rings. The van der Waals surface area contributed by atoms with Crippen LogP contribution in [0.5, 0.6) is 0 Å².